The topological polar surface area (TPSA) is 44.5 Å². The summed E-state index contributed by atoms with van der Waals surface area (Å²) in [5.74, 6) is 1.17. The van der Waals surface area contributed by atoms with Gasteiger partial charge in [0.25, 0.3) is 0 Å². The number of hydrogen-bond acceptors (Lipinski definition) is 3. The number of rotatable bonds is 5. The van der Waals surface area contributed by atoms with Gasteiger partial charge >= 0.3 is 0 Å². The molecule has 0 fully saturated rings. The SMILES string of the molecule is COc1cc(COc2ccc(F)c(C)c2)ccc1CN. The van der Waals surface area contributed by atoms with E-state index in [1.54, 1.807) is 26.2 Å². The molecule has 4 heteroatoms. The molecular formula is C16H18FNO2. The fraction of sp³-hybridized carbons (Fsp3) is 0.250. The largest absolute Gasteiger partial charge is 0.496 e. The van der Waals surface area contributed by atoms with Gasteiger partial charge in [0.1, 0.15) is 23.9 Å². The second-order valence-electron chi connectivity index (χ2n) is 4.55. The van der Waals surface area contributed by atoms with Crippen LogP contribution in [0.4, 0.5) is 4.39 Å². The van der Waals surface area contributed by atoms with E-state index in [9.17, 15) is 4.39 Å². The first-order valence-electron chi connectivity index (χ1n) is 6.39. The van der Waals surface area contributed by atoms with E-state index in [0.717, 1.165) is 16.9 Å². The number of hydrogen-bond donors (Lipinski definition) is 1. The summed E-state index contributed by atoms with van der Waals surface area (Å²) >= 11 is 0. The van der Waals surface area contributed by atoms with Gasteiger partial charge in [0.15, 0.2) is 0 Å². The van der Waals surface area contributed by atoms with Crippen LogP contribution in [0.1, 0.15) is 16.7 Å². The van der Waals surface area contributed by atoms with Gasteiger partial charge in [-0.15, -0.1) is 0 Å². The van der Waals surface area contributed by atoms with Crippen LogP contribution in [-0.4, -0.2) is 7.11 Å². The Hall–Kier alpha value is -2.07. The molecule has 2 aromatic carbocycles. The van der Waals surface area contributed by atoms with Gasteiger partial charge in [0.2, 0.25) is 0 Å². The maximum Gasteiger partial charge on any atom is 0.126 e. The molecule has 3 nitrogen and oxygen atoms in total. The molecule has 0 atom stereocenters. The van der Waals surface area contributed by atoms with E-state index in [1.165, 1.54) is 6.07 Å². The lowest BCUT2D eigenvalue weighted by Gasteiger charge is -2.11. The molecule has 2 rings (SSSR count). The molecule has 0 aliphatic rings. The Balaban J connectivity index is 2.08. The van der Waals surface area contributed by atoms with Crippen LogP contribution in [-0.2, 0) is 13.2 Å². The van der Waals surface area contributed by atoms with Gasteiger partial charge in [-0.1, -0.05) is 12.1 Å². The predicted molar refractivity (Wildman–Crippen MR) is 76.4 cm³/mol. The summed E-state index contributed by atoms with van der Waals surface area (Å²) in [5.41, 5.74) is 8.12. The first-order valence-corrected chi connectivity index (χ1v) is 6.39. The lowest BCUT2D eigenvalue weighted by Crippen LogP contribution is -2.02. The molecule has 0 amide bonds. The van der Waals surface area contributed by atoms with Crippen molar-refractivity contribution in [2.45, 2.75) is 20.1 Å². The summed E-state index contributed by atoms with van der Waals surface area (Å²) in [6, 6.07) is 10.5. The molecule has 20 heavy (non-hydrogen) atoms. The summed E-state index contributed by atoms with van der Waals surface area (Å²) in [7, 11) is 1.61. The Morgan fingerprint density at radius 3 is 2.60 bits per heavy atom. The van der Waals surface area contributed by atoms with Gasteiger partial charge < -0.3 is 15.2 Å². The maximum atomic E-state index is 13.2. The molecule has 2 aromatic rings. The number of aryl methyl sites for hydroxylation is 1. The predicted octanol–water partition coefficient (Wildman–Crippen LogP) is 3.18. The van der Waals surface area contributed by atoms with Gasteiger partial charge in [-0.25, -0.2) is 4.39 Å². The average Bonchev–Trinajstić information content (AvgIpc) is 2.48. The Morgan fingerprint density at radius 2 is 1.95 bits per heavy atom. The molecular weight excluding hydrogens is 257 g/mol. The van der Waals surface area contributed by atoms with Gasteiger partial charge in [-0.3, -0.25) is 0 Å². The van der Waals surface area contributed by atoms with Crippen molar-refractivity contribution in [3.8, 4) is 11.5 Å². The molecule has 0 unspecified atom stereocenters. The fourth-order valence-corrected chi connectivity index (χ4v) is 1.92. The van der Waals surface area contributed by atoms with Gasteiger partial charge in [-0.2, -0.15) is 0 Å². The van der Waals surface area contributed by atoms with E-state index in [1.807, 2.05) is 18.2 Å². The lowest BCUT2D eigenvalue weighted by atomic mass is 10.1. The Bertz CT molecular complexity index is 599. The van der Waals surface area contributed by atoms with Crippen LogP contribution in [0, 0.1) is 12.7 Å². The average molecular weight is 275 g/mol. The number of methoxy groups -OCH3 is 1. The minimum Gasteiger partial charge on any atom is -0.496 e. The monoisotopic (exact) mass is 275 g/mol. The Kier molecular flexibility index (Phi) is 4.58. The van der Waals surface area contributed by atoms with Crippen LogP contribution in [0.2, 0.25) is 0 Å². The Morgan fingerprint density at radius 1 is 1.15 bits per heavy atom. The minimum absolute atomic E-state index is 0.230. The van der Waals surface area contributed by atoms with Crippen molar-refractivity contribution < 1.29 is 13.9 Å². The van der Waals surface area contributed by atoms with Crippen molar-refractivity contribution in [3.63, 3.8) is 0 Å². The third-order valence-electron chi connectivity index (χ3n) is 3.11. The highest BCUT2D eigenvalue weighted by Gasteiger charge is 2.04. The summed E-state index contributed by atoms with van der Waals surface area (Å²) in [5, 5.41) is 0. The molecule has 0 saturated carbocycles. The fourth-order valence-electron chi connectivity index (χ4n) is 1.92. The molecule has 0 radical (unpaired) electrons. The van der Waals surface area contributed by atoms with Gasteiger partial charge in [0, 0.05) is 12.1 Å². The summed E-state index contributed by atoms with van der Waals surface area (Å²) in [4.78, 5) is 0. The zero-order chi connectivity index (χ0) is 14.5. The van der Waals surface area contributed by atoms with E-state index in [2.05, 4.69) is 0 Å². The minimum atomic E-state index is -0.230. The molecule has 0 spiro atoms. The molecule has 0 heterocycles. The molecule has 0 saturated heterocycles. The highest BCUT2D eigenvalue weighted by atomic mass is 19.1. The van der Waals surface area contributed by atoms with Crippen LogP contribution in [0.5, 0.6) is 11.5 Å². The van der Waals surface area contributed by atoms with E-state index < -0.39 is 0 Å². The normalized spacial score (nSPS) is 10.4. The lowest BCUT2D eigenvalue weighted by molar-refractivity contribution is 0.304. The number of benzene rings is 2. The van der Waals surface area contributed by atoms with Crippen molar-refractivity contribution >= 4 is 0 Å². The molecule has 0 aliphatic heterocycles. The van der Waals surface area contributed by atoms with Crippen LogP contribution in [0.3, 0.4) is 0 Å². The number of ether oxygens (including phenoxy) is 2. The van der Waals surface area contributed by atoms with Crippen LogP contribution in [0.15, 0.2) is 36.4 Å². The first-order chi connectivity index (χ1) is 9.63. The van der Waals surface area contributed by atoms with Gasteiger partial charge in [0.05, 0.1) is 7.11 Å². The molecule has 106 valence electrons. The third kappa shape index (κ3) is 3.27. The third-order valence-corrected chi connectivity index (χ3v) is 3.11. The number of halogens is 1. The van der Waals surface area contributed by atoms with Gasteiger partial charge in [-0.05, 0) is 42.3 Å². The smallest absolute Gasteiger partial charge is 0.126 e. The quantitative estimate of drug-likeness (QED) is 0.911. The summed E-state index contributed by atoms with van der Waals surface area (Å²) in [6.07, 6.45) is 0. The van der Waals surface area contributed by atoms with Crippen molar-refractivity contribution in [1.82, 2.24) is 0 Å². The van der Waals surface area contributed by atoms with E-state index in [4.69, 9.17) is 15.2 Å². The zero-order valence-corrected chi connectivity index (χ0v) is 11.7. The standard InChI is InChI=1S/C16H18FNO2/c1-11-7-14(5-6-15(11)17)20-10-12-3-4-13(9-18)16(8-12)19-2/h3-8H,9-10,18H2,1-2H3. The summed E-state index contributed by atoms with van der Waals surface area (Å²) in [6.45, 7) is 2.54. The second-order valence-corrected chi connectivity index (χ2v) is 4.55. The molecule has 0 aromatic heterocycles. The summed E-state index contributed by atoms with van der Waals surface area (Å²) < 4.78 is 24.1. The Labute approximate surface area is 118 Å². The van der Waals surface area contributed by atoms with Crippen LogP contribution >= 0.6 is 0 Å². The first kappa shape index (κ1) is 14.3. The van der Waals surface area contributed by atoms with Crippen molar-refractivity contribution in [2.75, 3.05) is 7.11 Å². The van der Waals surface area contributed by atoms with Crippen molar-refractivity contribution in [3.05, 3.63) is 58.9 Å². The van der Waals surface area contributed by atoms with Crippen LogP contribution in [0.25, 0.3) is 0 Å². The highest BCUT2D eigenvalue weighted by Crippen LogP contribution is 2.22. The van der Waals surface area contributed by atoms with Crippen LogP contribution < -0.4 is 15.2 Å². The van der Waals surface area contributed by atoms with Crippen molar-refractivity contribution in [2.24, 2.45) is 5.73 Å². The van der Waals surface area contributed by atoms with E-state index in [0.29, 0.717) is 24.5 Å². The molecule has 0 bridgehead atoms. The maximum absolute atomic E-state index is 13.2. The zero-order valence-electron chi connectivity index (χ0n) is 11.7. The van der Waals surface area contributed by atoms with Crippen molar-refractivity contribution in [1.29, 1.82) is 0 Å². The molecule has 2 N–H and O–H groups in total. The molecule has 0 aliphatic carbocycles. The van der Waals surface area contributed by atoms with E-state index >= 15 is 0 Å². The van der Waals surface area contributed by atoms with E-state index in [-0.39, 0.29) is 5.82 Å². The number of nitrogens with two attached hydrogens (primary N) is 1. The second kappa shape index (κ2) is 6.39. The highest BCUT2D eigenvalue weighted by molar-refractivity contribution is 5.37.